The molecule has 3 aromatic rings. The smallest absolute Gasteiger partial charge is 0.306 e. The maximum absolute atomic E-state index is 13.9. The maximum Gasteiger partial charge on any atom is 0.306 e. The summed E-state index contributed by atoms with van der Waals surface area (Å²) >= 11 is 12.5. The van der Waals surface area contributed by atoms with Gasteiger partial charge in [-0.25, -0.2) is 0 Å². The Labute approximate surface area is 211 Å². The number of hydrogen-bond acceptors (Lipinski definition) is 6. The number of ether oxygens (including phenoxy) is 1. The fourth-order valence-electron chi connectivity index (χ4n) is 4.69. The van der Waals surface area contributed by atoms with Crippen molar-refractivity contribution in [3.05, 3.63) is 81.5 Å². The van der Waals surface area contributed by atoms with Crippen LogP contribution in [0.2, 0.25) is 10.0 Å². The van der Waals surface area contributed by atoms with Crippen molar-refractivity contribution in [1.82, 2.24) is 15.1 Å². The van der Waals surface area contributed by atoms with Crippen molar-refractivity contribution in [2.75, 3.05) is 0 Å². The Balaban J connectivity index is 1.69. The molecule has 1 saturated heterocycles. The molecule has 0 bridgehead atoms. The van der Waals surface area contributed by atoms with Gasteiger partial charge in [-0.2, -0.15) is 0 Å². The van der Waals surface area contributed by atoms with Gasteiger partial charge < -0.3 is 19.2 Å². The molecule has 1 amide bonds. The topological polar surface area (TPSA) is 106 Å². The molecule has 2 heterocycles. The number of carbonyl (C=O) groups is 2. The van der Waals surface area contributed by atoms with Gasteiger partial charge in [0.05, 0.1) is 12.5 Å². The van der Waals surface area contributed by atoms with Gasteiger partial charge in [-0.3, -0.25) is 9.59 Å². The molecule has 1 aromatic heterocycles. The third-order valence-corrected chi connectivity index (χ3v) is 6.83. The number of aromatic nitrogens is 2. The molecule has 1 saturated carbocycles. The number of carbonyl (C=O) groups excluding carboxylic acids is 1. The first-order valence-electron chi connectivity index (χ1n) is 11.3. The minimum Gasteiger partial charge on any atom is -0.481 e. The van der Waals surface area contributed by atoms with Crippen molar-refractivity contribution in [3.63, 3.8) is 0 Å². The van der Waals surface area contributed by atoms with Gasteiger partial charge in [0, 0.05) is 17.0 Å². The van der Waals surface area contributed by atoms with Gasteiger partial charge in [0.1, 0.15) is 18.2 Å². The lowest BCUT2D eigenvalue weighted by Crippen LogP contribution is -2.53. The summed E-state index contributed by atoms with van der Waals surface area (Å²) in [4.78, 5) is 27.3. The van der Waals surface area contributed by atoms with Gasteiger partial charge in [-0.1, -0.05) is 47.5 Å². The van der Waals surface area contributed by atoms with Crippen LogP contribution < -0.4 is 0 Å². The number of carboxylic acids is 1. The van der Waals surface area contributed by atoms with Crippen LogP contribution >= 0.6 is 23.2 Å². The van der Waals surface area contributed by atoms with Crippen LogP contribution in [-0.2, 0) is 14.3 Å². The standard InChI is InChI=1S/C25H23Cl2N3O5/c1-13-28-29-24(34-13)22(15-5-6-15)30-21(14-7-9-17(26)10-8-14)23(16-3-2-4-18(27)11-16)35-19(25(30)33)12-20(31)32/h2-4,7-11,15,19,21-23H,5-6,12H2,1H3,(H,31,32)/t19-,21+,22?,23-/m0/s1. The highest BCUT2D eigenvalue weighted by Crippen LogP contribution is 2.52. The number of hydrogen-bond donors (Lipinski definition) is 1. The van der Waals surface area contributed by atoms with E-state index in [1.165, 1.54) is 0 Å². The largest absolute Gasteiger partial charge is 0.481 e. The van der Waals surface area contributed by atoms with Gasteiger partial charge in [-0.15, -0.1) is 10.2 Å². The SMILES string of the molecule is Cc1nnc(C(C2CC2)N2C(=O)[C@H](CC(=O)O)O[C@@H](c3cccc(Cl)c3)[C@H]2c2ccc(Cl)cc2)o1. The van der Waals surface area contributed by atoms with Crippen molar-refractivity contribution in [3.8, 4) is 0 Å². The third kappa shape index (κ3) is 4.91. The van der Waals surface area contributed by atoms with Crippen LogP contribution in [0.15, 0.2) is 52.9 Å². The van der Waals surface area contributed by atoms with Crippen LogP contribution in [0, 0.1) is 12.8 Å². The molecular formula is C25H23Cl2N3O5. The van der Waals surface area contributed by atoms with E-state index < -0.39 is 42.6 Å². The van der Waals surface area contributed by atoms with Gasteiger partial charge in [0.25, 0.3) is 5.91 Å². The molecule has 0 radical (unpaired) electrons. The van der Waals surface area contributed by atoms with Crippen molar-refractivity contribution in [2.45, 2.75) is 50.5 Å². The van der Waals surface area contributed by atoms with E-state index in [9.17, 15) is 14.7 Å². The normalized spacial score (nSPS) is 23.3. The number of morpholine rings is 1. The first kappa shape index (κ1) is 23.8. The lowest BCUT2D eigenvalue weighted by molar-refractivity contribution is -0.185. The number of rotatable bonds is 7. The number of carboxylic acid groups (broad SMARTS) is 1. The summed E-state index contributed by atoms with van der Waals surface area (Å²) in [6.07, 6.45) is -0.585. The first-order chi connectivity index (χ1) is 16.8. The van der Waals surface area contributed by atoms with Crippen LogP contribution in [0.3, 0.4) is 0 Å². The zero-order valence-electron chi connectivity index (χ0n) is 18.8. The summed E-state index contributed by atoms with van der Waals surface area (Å²) in [5, 5.41) is 18.8. The van der Waals surface area contributed by atoms with Gasteiger partial charge in [0.2, 0.25) is 11.8 Å². The molecule has 2 aromatic carbocycles. The number of amides is 1. The average Bonchev–Trinajstić information content (AvgIpc) is 3.56. The number of benzene rings is 2. The molecule has 1 aliphatic carbocycles. The van der Waals surface area contributed by atoms with Crippen LogP contribution in [0.1, 0.15) is 60.4 Å². The van der Waals surface area contributed by atoms with Crippen molar-refractivity contribution in [1.29, 1.82) is 0 Å². The number of aliphatic carboxylic acids is 1. The molecule has 0 spiro atoms. The molecule has 1 N–H and O–H groups in total. The molecular weight excluding hydrogens is 493 g/mol. The highest BCUT2D eigenvalue weighted by atomic mass is 35.5. The van der Waals surface area contributed by atoms with Crippen LogP contribution in [0.4, 0.5) is 0 Å². The fraction of sp³-hybridized carbons (Fsp3) is 0.360. The minimum absolute atomic E-state index is 0.109. The van der Waals surface area contributed by atoms with Crippen LogP contribution in [0.25, 0.3) is 0 Å². The molecule has 4 atom stereocenters. The van der Waals surface area contributed by atoms with E-state index in [2.05, 4.69) is 10.2 Å². The Morgan fingerprint density at radius 3 is 2.46 bits per heavy atom. The first-order valence-corrected chi connectivity index (χ1v) is 12.1. The van der Waals surface area contributed by atoms with Gasteiger partial charge >= 0.3 is 5.97 Å². The predicted octanol–water partition coefficient (Wildman–Crippen LogP) is 5.32. The summed E-state index contributed by atoms with van der Waals surface area (Å²) in [7, 11) is 0. The number of halogens is 2. The molecule has 10 heteroatoms. The lowest BCUT2D eigenvalue weighted by atomic mass is 9.89. The van der Waals surface area contributed by atoms with E-state index in [4.69, 9.17) is 32.4 Å². The van der Waals surface area contributed by atoms with E-state index >= 15 is 0 Å². The molecule has 182 valence electrons. The molecule has 8 nitrogen and oxygen atoms in total. The van der Waals surface area contributed by atoms with Crippen molar-refractivity contribution < 1.29 is 23.8 Å². The van der Waals surface area contributed by atoms with Crippen LogP contribution in [0.5, 0.6) is 0 Å². The summed E-state index contributed by atoms with van der Waals surface area (Å²) < 4.78 is 12.1. The second-order valence-electron chi connectivity index (χ2n) is 8.88. The average molecular weight is 516 g/mol. The van der Waals surface area contributed by atoms with E-state index in [0.29, 0.717) is 21.8 Å². The molecule has 2 aliphatic rings. The van der Waals surface area contributed by atoms with Crippen molar-refractivity contribution >= 4 is 35.1 Å². The number of nitrogens with zero attached hydrogens (tertiary/aromatic N) is 3. The molecule has 5 rings (SSSR count). The van der Waals surface area contributed by atoms with E-state index in [0.717, 1.165) is 24.0 Å². The zero-order valence-corrected chi connectivity index (χ0v) is 20.3. The third-order valence-electron chi connectivity index (χ3n) is 6.34. The van der Waals surface area contributed by atoms with E-state index in [-0.39, 0.29) is 5.92 Å². The van der Waals surface area contributed by atoms with Crippen LogP contribution in [-0.4, -0.2) is 38.2 Å². The zero-order chi connectivity index (χ0) is 24.7. The summed E-state index contributed by atoms with van der Waals surface area (Å²) in [5.74, 6) is -0.730. The molecule has 2 fully saturated rings. The number of aryl methyl sites for hydroxylation is 1. The minimum atomic E-state index is -1.19. The Bertz CT molecular complexity index is 1240. The summed E-state index contributed by atoms with van der Waals surface area (Å²) in [6, 6.07) is 13.2. The van der Waals surface area contributed by atoms with Gasteiger partial charge in [0.15, 0.2) is 0 Å². The lowest BCUT2D eigenvalue weighted by Gasteiger charge is -2.47. The Morgan fingerprint density at radius 1 is 1.11 bits per heavy atom. The Hall–Kier alpha value is -2.94. The highest BCUT2D eigenvalue weighted by Gasteiger charge is 2.52. The van der Waals surface area contributed by atoms with E-state index in [1.54, 1.807) is 42.2 Å². The Morgan fingerprint density at radius 2 is 1.86 bits per heavy atom. The highest BCUT2D eigenvalue weighted by molar-refractivity contribution is 6.30. The molecule has 35 heavy (non-hydrogen) atoms. The second kappa shape index (κ2) is 9.60. The quantitative estimate of drug-likeness (QED) is 0.453. The maximum atomic E-state index is 13.9. The molecule has 1 aliphatic heterocycles. The van der Waals surface area contributed by atoms with E-state index in [1.807, 2.05) is 18.2 Å². The van der Waals surface area contributed by atoms with Gasteiger partial charge in [-0.05, 0) is 54.2 Å². The summed E-state index contributed by atoms with van der Waals surface area (Å²) in [5.41, 5.74) is 1.50. The predicted molar refractivity (Wildman–Crippen MR) is 127 cm³/mol. The monoisotopic (exact) mass is 515 g/mol. The summed E-state index contributed by atoms with van der Waals surface area (Å²) in [6.45, 7) is 1.69. The van der Waals surface area contributed by atoms with Crippen molar-refractivity contribution in [2.24, 2.45) is 5.92 Å². The Kier molecular flexibility index (Phi) is 6.53. The fourth-order valence-corrected chi connectivity index (χ4v) is 5.02. The molecule has 1 unspecified atom stereocenters. The second-order valence-corrected chi connectivity index (χ2v) is 9.75.